The van der Waals surface area contributed by atoms with Crippen molar-refractivity contribution in [2.75, 3.05) is 11.9 Å². The van der Waals surface area contributed by atoms with Crippen LogP contribution < -0.4 is 10.6 Å². The van der Waals surface area contributed by atoms with Gasteiger partial charge in [-0.05, 0) is 25.5 Å². The molecular formula is C15H19N3S. The minimum absolute atomic E-state index is 0.391. The van der Waals surface area contributed by atoms with E-state index in [1.54, 1.807) is 0 Å². The topological polar surface area (TPSA) is 42.2 Å². The number of thiocarbonyl (C=S) groups is 1. The van der Waals surface area contributed by atoms with Gasteiger partial charge in [0.1, 0.15) is 10.8 Å². The quantitative estimate of drug-likeness (QED) is 0.869. The molecule has 1 aromatic heterocycles. The van der Waals surface area contributed by atoms with Crippen molar-refractivity contribution in [3.8, 4) is 0 Å². The number of nitrogens with zero attached hydrogens (tertiary/aromatic N) is 2. The molecule has 19 heavy (non-hydrogen) atoms. The van der Waals surface area contributed by atoms with Gasteiger partial charge in [-0.1, -0.05) is 37.3 Å². The molecule has 1 heterocycles. The van der Waals surface area contributed by atoms with Crippen LogP contribution in [0.5, 0.6) is 0 Å². The second-order valence-electron chi connectivity index (χ2n) is 4.78. The Hall–Kier alpha value is -1.68. The van der Waals surface area contributed by atoms with Gasteiger partial charge in [0.05, 0.1) is 11.1 Å². The number of para-hydroxylation sites is 1. The van der Waals surface area contributed by atoms with Crippen LogP contribution in [0.4, 0.5) is 5.82 Å². The van der Waals surface area contributed by atoms with Crippen LogP contribution in [0, 0.1) is 0 Å². The maximum atomic E-state index is 5.85. The van der Waals surface area contributed by atoms with E-state index in [0.29, 0.717) is 11.0 Å². The molecule has 0 saturated carbocycles. The summed E-state index contributed by atoms with van der Waals surface area (Å²) in [6, 6.07) is 10.4. The molecule has 0 saturated heterocycles. The van der Waals surface area contributed by atoms with E-state index in [1.165, 1.54) is 0 Å². The fourth-order valence-corrected chi connectivity index (χ4v) is 2.19. The van der Waals surface area contributed by atoms with E-state index in [-0.39, 0.29) is 0 Å². The highest BCUT2D eigenvalue weighted by Gasteiger charge is 2.16. The van der Waals surface area contributed by atoms with Gasteiger partial charge >= 0.3 is 0 Å². The molecule has 1 unspecified atom stereocenters. The van der Waals surface area contributed by atoms with Crippen molar-refractivity contribution in [3.05, 3.63) is 35.9 Å². The van der Waals surface area contributed by atoms with Crippen LogP contribution >= 0.6 is 12.2 Å². The predicted octanol–water partition coefficient (Wildman–Crippen LogP) is 3.10. The molecule has 0 aliphatic heterocycles. The first-order chi connectivity index (χ1) is 9.04. The summed E-state index contributed by atoms with van der Waals surface area (Å²) in [4.78, 5) is 7.26. The number of hydrogen-bond acceptors (Lipinski definition) is 3. The molecule has 1 atom stereocenters. The number of fused-ring (bicyclic) bond motifs is 1. The normalized spacial score (nSPS) is 12.4. The Bertz CT molecular complexity index is 609. The molecule has 0 radical (unpaired) electrons. The maximum absolute atomic E-state index is 5.85. The molecular weight excluding hydrogens is 254 g/mol. The second-order valence-corrected chi connectivity index (χ2v) is 5.22. The van der Waals surface area contributed by atoms with Gasteiger partial charge in [-0.15, -0.1) is 0 Å². The Morgan fingerprint density at radius 2 is 2.11 bits per heavy atom. The number of nitrogens with two attached hydrogens (primary N) is 1. The minimum Gasteiger partial charge on any atom is -0.389 e. The lowest BCUT2D eigenvalue weighted by Gasteiger charge is -2.27. The number of hydrogen-bond donors (Lipinski definition) is 1. The third-order valence-corrected chi connectivity index (χ3v) is 3.78. The first-order valence-corrected chi connectivity index (χ1v) is 6.87. The molecule has 1 aromatic carbocycles. The first kappa shape index (κ1) is 13.7. The van der Waals surface area contributed by atoms with E-state index in [2.05, 4.69) is 18.7 Å². The fraction of sp³-hybridized carbons (Fsp3) is 0.333. The van der Waals surface area contributed by atoms with Gasteiger partial charge < -0.3 is 10.6 Å². The molecule has 2 rings (SSSR count). The Kier molecular flexibility index (Phi) is 4.00. The van der Waals surface area contributed by atoms with Crippen molar-refractivity contribution in [2.45, 2.75) is 26.3 Å². The molecule has 0 bridgehead atoms. The molecule has 3 nitrogen and oxygen atoms in total. The average Bonchev–Trinajstić information content (AvgIpc) is 2.44. The smallest absolute Gasteiger partial charge is 0.139 e. The van der Waals surface area contributed by atoms with Crippen molar-refractivity contribution < 1.29 is 0 Å². The summed E-state index contributed by atoms with van der Waals surface area (Å²) < 4.78 is 0. The van der Waals surface area contributed by atoms with Gasteiger partial charge in [0.25, 0.3) is 0 Å². The number of benzene rings is 1. The molecule has 2 aromatic rings. The number of aromatic nitrogens is 1. The Morgan fingerprint density at radius 1 is 1.42 bits per heavy atom. The average molecular weight is 273 g/mol. The van der Waals surface area contributed by atoms with E-state index in [0.717, 1.165) is 28.7 Å². The van der Waals surface area contributed by atoms with Crippen LogP contribution in [0.1, 0.15) is 25.8 Å². The van der Waals surface area contributed by atoms with Crippen LogP contribution in [0.15, 0.2) is 30.3 Å². The summed E-state index contributed by atoms with van der Waals surface area (Å²) in [5.74, 6) is 0.862. The Balaban J connectivity index is 2.63. The predicted molar refractivity (Wildman–Crippen MR) is 85.8 cm³/mol. The van der Waals surface area contributed by atoms with Gasteiger partial charge in [0, 0.05) is 18.5 Å². The molecule has 0 amide bonds. The third kappa shape index (κ3) is 2.68. The van der Waals surface area contributed by atoms with E-state index >= 15 is 0 Å². The van der Waals surface area contributed by atoms with Crippen molar-refractivity contribution in [1.29, 1.82) is 0 Å². The lowest BCUT2D eigenvalue weighted by molar-refractivity contribution is 0.657. The monoisotopic (exact) mass is 273 g/mol. The summed E-state index contributed by atoms with van der Waals surface area (Å²) in [6.07, 6.45) is 1.04. The maximum Gasteiger partial charge on any atom is 0.139 e. The van der Waals surface area contributed by atoms with Gasteiger partial charge in [-0.2, -0.15) is 0 Å². The van der Waals surface area contributed by atoms with Crippen LogP contribution in [-0.4, -0.2) is 23.1 Å². The molecule has 100 valence electrons. The van der Waals surface area contributed by atoms with Crippen LogP contribution in [0.3, 0.4) is 0 Å². The van der Waals surface area contributed by atoms with E-state index in [1.807, 2.05) is 37.4 Å². The summed E-state index contributed by atoms with van der Waals surface area (Å²) in [5.41, 5.74) is 7.66. The lowest BCUT2D eigenvalue weighted by Crippen LogP contribution is -2.31. The minimum atomic E-state index is 0.391. The van der Waals surface area contributed by atoms with Crippen molar-refractivity contribution >= 4 is 33.9 Å². The highest BCUT2D eigenvalue weighted by molar-refractivity contribution is 7.80. The van der Waals surface area contributed by atoms with Crippen molar-refractivity contribution in [3.63, 3.8) is 0 Å². The largest absolute Gasteiger partial charge is 0.389 e. The Morgan fingerprint density at radius 3 is 2.74 bits per heavy atom. The van der Waals surface area contributed by atoms with E-state index in [9.17, 15) is 0 Å². The first-order valence-electron chi connectivity index (χ1n) is 6.47. The van der Waals surface area contributed by atoms with Crippen LogP contribution in [0.2, 0.25) is 0 Å². The number of anilines is 1. The zero-order valence-corrected chi connectivity index (χ0v) is 12.4. The zero-order valence-electron chi connectivity index (χ0n) is 11.6. The summed E-state index contributed by atoms with van der Waals surface area (Å²) in [5, 5.41) is 1.06. The Labute approximate surface area is 119 Å². The highest BCUT2D eigenvalue weighted by Crippen LogP contribution is 2.24. The van der Waals surface area contributed by atoms with Crippen LogP contribution in [0.25, 0.3) is 10.9 Å². The van der Waals surface area contributed by atoms with Crippen molar-refractivity contribution in [2.24, 2.45) is 5.73 Å². The number of rotatable bonds is 4. The molecule has 0 spiro atoms. The molecule has 4 heteroatoms. The van der Waals surface area contributed by atoms with E-state index < -0.39 is 0 Å². The summed E-state index contributed by atoms with van der Waals surface area (Å²) in [7, 11) is 2.03. The molecule has 2 N–H and O–H groups in total. The van der Waals surface area contributed by atoms with Gasteiger partial charge in [0.15, 0.2) is 0 Å². The number of pyridine rings is 1. The standard InChI is InChI=1S/C15H19N3S/c1-4-10(2)18(3)15-12(14(16)19)9-11-7-5-6-8-13(11)17-15/h5-10H,4H2,1-3H3,(H2,16,19). The second kappa shape index (κ2) is 5.53. The summed E-state index contributed by atoms with van der Waals surface area (Å²) in [6.45, 7) is 4.32. The van der Waals surface area contributed by atoms with Gasteiger partial charge in [-0.3, -0.25) is 0 Å². The van der Waals surface area contributed by atoms with Crippen LogP contribution in [-0.2, 0) is 0 Å². The molecule has 0 aliphatic carbocycles. The fourth-order valence-electron chi connectivity index (χ4n) is 2.04. The highest BCUT2D eigenvalue weighted by atomic mass is 32.1. The third-order valence-electron chi connectivity index (χ3n) is 3.56. The molecule has 0 aliphatic rings. The summed E-state index contributed by atoms with van der Waals surface area (Å²) >= 11 is 5.17. The molecule has 0 fully saturated rings. The van der Waals surface area contributed by atoms with Gasteiger partial charge in [0.2, 0.25) is 0 Å². The van der Waals surface area contributed by atoms with Crippen molar-refractivity contribution in [1.82, 2.24) is 4.98 Å². The van der Waals surface area contributed by atoms with E-state index in [4.69, 9.17) is 22.9 Å². The zero-order chi connectivity index (χ0) is 14.0. The lowest BCUT2D eigenvalue weighted by atomic mass is 10.1. The van der Waals surface area contributed by atoms with Gasteiger partial charge in [-0.25, -0.2) is 4.98 Å². The SMILES string of the molecule is CCC(C)N(C)c1nc2ccccc2cc1C(N)=S.